The Bertz CT molecular complexity index is 451. The molecule has 1 aliphatic heterocycles. The summed E-state index contributed by atoms with van der Waals surface area (Å²) in [5, 5.41) is 10.5. The smallest absolute Gasteiger partial charge is 0.274 e. The molecule has 1 amide bonds. The van der Waals surface area contributed by atoms with E-state index in [1.807, 2.05) is 0 Å². The molecule has 16 heavy (non-hydrogen) atoms. The molecule has 2 rings (SSSR count). The van der Waals surface area contributed by atoms with E-state index < -0.39 is 4.92 Å². The van der Waals surface area contributed by atoms with E-state index in [9.17, 15) is 14.9 Å². The molecule has 0 bridgehead atoms. The van der Waals surface area contributed by atoms with Gasteiger partial charge < -0.3 is 0 Å². The topological polar surface area (TPSA) is 76.3 Å². The molecule has 1 aliphatic rings. The highest BCUT2D eigenvalue weighted by Crippen LogP contribution is 2.24. The van der Waals surface area contributed by atoms with Gasteiger partial charge in [-0.25, -0.2) is 4.98 Å². The average molecular weight is 239 g/mol. The molecule has 0 saturated carbocycles. The van der Waals surface area contributed by atoms with E-state index in [4.69, 9.17) is 0 Å². The second kappa shape index (κ2) is 4.09. The first kappa shape index (κ1) is 10.9. The molecule has 1 saturated heterocycles. The number of hydrogen-bond donors (Lipinski definition) is 1. The third-order valence-corrected chi connectivity index (χ3v) is 2.67. The van der Waals surface area contributed by atoms with Gasteiger partial charge in [-0.2, -0.15) is 12.6 Å². The first-order valence-electron chi connectivity index (χ1n) is 4.67. The summed E-state index contributed by atoms with van der Waals surface area (Å²) >= 11 is 4.20. The molecular weight excluding hydrogens is 230 g/mol. The maximum Gasteiger partial charge on any atom is 0.274 e. The summed E-state index contributed by atoms with van der Waals surface area (Å²) in [6.45, 7) is 0.441. The van der Waals surface area contributed by atoms with Crippen molar-refractivity contribution in [1.82, 2.24) is 4.98 Å². The fraction of sp³-hybridized carbons (Fsp3) is 0.333. The molecule has 0 aromatic carbocycles. The second-order valence-electron chi connectivity index (χ2n) is 3.49. The molecular formula is C9H9N3O3S. The van der Waals surface area contributed by atoms with E-state index in [2.05, 4.69) is 17.6 Å². The predicted molar refractivity (Wildman–Crippen MR) is 60.6 cm³/mol. The molecule has 1 aromatic heterocycles. The predicted octanol–water partition coefficient (Wildman–Crippen LogP) is 1.02. The molecule has 0 radical (unpaired) electrons. The lowest BCUT2D eigenvalue weighted by molar-refractivity contribution is -0.384. The number of carbonyl (C=O) groups is 1. The van der Waals surface area contributed by atoms with Gasteiger partial charge in [0.2, 0.25) is 5.91 Å². The van der Waals surface area contributed by atoms with Gasteiger partial charge in [0, 0.05) is 30.5 Å². The van der Waals surface area contributed by atoms with Gasteiger partial charge in [-0.3, -0.25) is 19.8 Å². The van der Waals surface area contributed by atoms with E-state index >= 15 is 0 Å². The van der Waals surface area contributed by atoms with Crippen LogP contribution in [0.1, 0.15) is 6.42 Å². The number of anilines is 1. The van der Waals surface area contributed by atoms with Gasteiger partial charge in [0.15, 0.2) is 0 Å². The molecule has 0 N–H and O–H groups in total. The highest BCUT2D eigenvalue weighted by Gasteiger charge is 2.29. The number of nitrogens with zero attached hydrogens (tertiary/aromatic N) is 3. The van der Waals surface area contributed by atoms with Gasteiger partial charge in [0.05, 0.1) is 11.0 Å². The van der Waals surface area contributed by atoms with Gasteiger partial charge in [0.1, 0.15) is 5.82 Å². The number of aromatic nitrogens is 1. The Balaban J connectivity index is 2.30. The van der Waals surface area contributed by atoms with Crippen LogP contribution in [-0.4, -0.2) is 27.6 Å². The molecule has 6 nitrogen and oxygen atoms in total. The number of pyridine rings is 1. The van der Waals surface area contributed by atoms with Crippen LogP contribution in [-0.2, 0) is 4.79 Å². The van der Waals surface area contributed by atoms with Crippen molar-refractivity contribution in [3.63, 3.8) is 0 Å². The minimum atomic E-state index is -0.510. The van der Waals surface area contributed by atoms with Crippen molar-refractivity contribution in [3.8, 4) is 0 Å². The summed E-state index contributed by atoms with van der Waals surface area (Å²) < 4.78 is 0. The minimum absolute atomic E-state index is 0.0337. The molecule has 0 spiro atoms. The maximum atomic E-state index is 11.5. The average Bonchev–Trinajstić information content (AvgIpc) is 2.58. The van der Waals surface area contributed by atoms with Crippen molar-refractivity contribution in [1.29, 1.82) is 0 Å². The van der Waals surface area contributed by atoms with E-state index in [1.165, 1.54) is 23.2 Å². The number of hydrogen-bond acceptors (Lipinski definition) is 5. The van der Waals surface area contributed by atoms with Gasteiger partial charge in [-0.15, -0.1) is 0 Å². The van der Waals surface area contributed by atoms with Crippen molar-refractivity contribution in [2.75, 3.05) is 11.4 Å². The molecule has 7 heteroatoms. The second-order valence-corrected chi connectivity index (χ2v) is 4.22. The van der Waals surface area contributed by atoms with Crippen LogP contribution in [0.2, 0.25) is 0 Å². The van der Waals surface area contributed by atoms with E-state index in [0.717, 1.165) is 0 Å². The number of amides is 1. The van der Waals surface area contributed by atoms with Crippen LogP contribution in [0.5, 0.6) is 0 Å². The maximum absolute atomic E-state index is 11.5. The largest absolute Gasteiger partial charge is 0.295 e. The molecule has 1 aromatic rings. The minimum Gasteiger partial charge on any atom is -0.295 e. The lowest BCUT2D eigenvalue weighted by Crippen LogP contribution is -2.25. The number of nitro groups is 1. The van der Waals surface area contributed by atoms with Crippen molar-refractivity contribution in [2.24, 2.45) is 0 Å². The van der Waals surface area contributed by atoms with E-state index in [1.54, 1.807) is 0 Å². The zero-order valence-corrected chi connectivity index (χ0v) is 9.13. The Labute approximate surface area is 96.8 Å². The molecule has 1 atom stereocenters. The monoisotopic (exact) mass is 239 g/mol. The van der Waals surface area contributed by atoms with Gasteiger partial charge in [-0.1, -0.05) is 0 Å². The number of rotatable bonds is 2. The van der Waals surface area contributed by atoms with Gasteiger partial charge >= 0.3 is 0 Å². The molecule has 2 heterocycles. The molecule has 84 valence electrons. The van der Waals surface area contributed by atoms with Gasteiger partial charge in [0.25, 0.3) is 5.69 Å². The number of thiol groups is 1. The van der Waals surface area contributed by atoms with Crippen LogP contribution in [0.3, 0.4) is 0 Å². The van der Waals surface area contributed by atoms with Crippen molar-refractivity contribution < 1.29 is 9.72 Å². The number of carbonyl (C=O) groups excluding carboxylic acids is 1. The normalized spacial score (nSPS) is 20.2. The summed E-state index contributed by atoms with van der Waals surface area (Å²) in [5.74, 6) is 0.212. The van der Waals surface area contributed by atoms with Gasteiger partial charge in [-0.05, 0) is 0 Å². The lowest BCUT2D eigenvalue weighted by Gasteiger charge is -2.13. The van der Waals surface area contributed by atoms with Crippen molar-refractivity contribution in [2.45, 2.75) is 11.7 Å². The quantitative estimate of drug-likeness (QED) is 0.475. The zero-order valence-electron chi connectivity index (χ0n) is 8.24. The van der Waals surface area contributed by atoms with Crippen molar-refractivity contribution >= 4 is 30.0 Å². The third kappa shape index (κ3) is 1.99. The van der Waals surface area contributed by atoms with Crippen LogP contribution in [0.25, 0.3) is 0 Å². The SMILES string of the molecule is O=C1CC(S)CN1c1cc([N+](=O)[O-])ccn1. The van der Waals surface area contributed by atoms with E-state index in [-0.39, 0.29) is 16.8 Å². The summed E-state index contributed by atoms with van der Waals surface area (Å²) in [7, 11) is 0. The Kier molecular flexibility index (Phi) is 2.78. The van der Waals surface area contributed by atoms with Crippen LogP contribution < -0.4 is 4.90 Å². The summed E-state index contributed by atoms with van der Waals surface area (Å²) in [6.07, 6.45) is 1.67. The molecule has 1 fully saturated rings. The molecule has 0 aliphatic carbocycles. The Hall–Kier alpha value is -1.63. The highest BCUT2D eigenvalue weighted by molar-refractivity contribution is 7.81. The standard InChI is InChI=1S/C9H9N3O3S/c13-9-4-7(16)5-11(9)8-3-6(12(14)15)1-2-10-8/h1-3,7,16H,4-5H2. The Morgan fingerprint density at radius 2 is 2.38 bits per heavy atom. The fourth-order valence-corrected chi connectivity index (χ4v) is 1.90. The van der Waals surface area contributed by atoms with Crippen LogP contribution in [0.15, 0.2) is 18.3 Å². The summed E-state index contributed by atoms with van der Waals surface area (Å²) in [6, 6.07) is 2.59. The first-order chi connectivity index (χ1) is 7.58. The summed E-state index contributed by atoms with van der Waals surface area (Å²) in [5.41, 5.74) is -0.0691. The summed E-state index contributed by atoms with van der Waals surface area (Å²) in [4.78, 5) is 27.0. The lowest BCUT2D eigenvalue weighted by atomic mass is 10.4. The van der Waals surface area contributed by atoms with Crippen molar-refractivity contribution in [3.05, 3.63) is 28.4 Å². The van der Waals surface area contributed by atoms with Crippen LogP contribution in [0, 0.1) is 10.1 Å². The third-order valence-electron chi connectivity index (χ3n) is 2.32. The van der Waals surface area contributed by atoms with Crippen LogP contribution in [0.4, 0.5) is 11.5 Å². The first-order valence-corrected chi connectivity index (χ1v) is 5.18. The van der Waals surface area contributed by atoms with E-state index in [0.29, 0.717) is 18.8 Å². The van der Waals surface area contributed by atoms with Crippen LogP contribution >= 0.6 is 12.6 Å². The Morgan fingerprint density at radius 3 is 2.94 bits per heavy atom. The molecule has 1 unspecified atom stereocenters. The Morgan fingerprint density at radius 1 is 1.62 bits per heavy atom. The fourth-order valence-electron chi connectivity index (χ4n) is 1.58. The zero-order chi connectivity index (χ0) is 11.7. The highest BCUT2D eigenvalue weighted by atomic mass is 32.1.